The molecular weight excluding hydrogens is 391 g/mol. The van der Waals surface area contributed by atoms with Crippen molar-refractivity contribution in [2.24, 2.45) is 0 Å². The largest absolute Gasteiger partial charge is 0.349 e. The summed E-state index contributed by atoms with van der Waals surface area (Å²) in [6.45, 7) is 6.09. The van der Waals surface area contributed by atoms with Crippen LogP contribution in [-0.2, 0) is 14.8 Å². The summed E-state index contributed by atoms with van der Waals surface area (Å²) in [5.74, 6) is -0.762. The monoisotopic (exact) mass is 420 g/mol. The number of rotatable bonds is 9. The highest BCUT2D eigenvalue weighted by molar-refractivity contribution is 7.92. The summed E-state index contributed by atoms with van der Waals surface area (Å²) in [6, 6.07) is 11.8. The lowest BCUT2D eigenvalue weighted by Crippen LogP contribution is -2.33. The van der Waals surface area contributed by atoms with Crippen molar-refractivity contribution in [2.75, 3.05) is 17.1 Å². The Balaban J connectivity index is 2.01. The predicted octanol–water partition coefficient (Wildman–Crippen LogP) is 4.26. The molecule has 0 bridgehead atoms. The second-order valence-electron chi connectivity index (χ2n) is 7.28. The Hall–Kier alpha value is -2.41. The first-order valence-corrected chi connectivity index (χ1v) is 11.6. The fourth-order valence-corrected chi connectivity index (χ4v) is 4.35. The van der Waals surface area contributed by atoms with E-state index in [1.54, 1.807) is 6.07 Å². The number of carbonyl (C=O) groups is 1. The maximum Gasteiger partial charge on any atom is 0.232 e. The van der Waals surface area contributed by atoms with Crippen LogP contribution in [0.25, 0.3) is 0 Å². The summed E-state index contributed by atoms with van der Waals surface area (Å²) >= 11 is 0. The Labute approximate surface area is 173 Å². The standard InChI is InChI=1S/C22H29FN2O3S/c1-5-20(18-13-12-16(2)15-17(18)3)24-22(26)11-8-14-25(29(4,27)28)21-10-7-6-9-19(21)23/h6-7,9-10,12-13,15,20H,5,8,11,14H2,1-4H3,(H,24,26). The van der Waals surface area contributed by atoms with Crippen molar-refractivity contribution in [3.8, 4) is 0 Å². The second-order valence-corrected chi connectivity index (χ2v) is 9.19. The molecule has 5 nitrogen and oxygen atoms in total. The Bertz CT molecular complexity index is 960. The van der Waals surface area contributed by atoms with Gasteiger partial charge in [0.1, 0.15) is 5.82 Å². The van der Waals surface area contributed by atoms with Gasteiger partial charge in [-0.05, 0) is 49.9 Å². The van der Waals surface area contributed by atoms with Crippen molar-refractivity contribution in [1.29, 1.82) is 0 Å². The van der Waals surface area contributed by atoms with Gasteiger partial charge in [-0.15, -0.1) is 0 Å². The van der Waals surface area contributed by atoms with Crippen LogP contribution < -0.4 is 9.62 Å². The smallest absolute Gasteiger partial charge is 0.232 e. The molecule has 0 saturated carbocycles. The summed E-state index contributed by atoms with van der Waals surface area (Å²) < 4.78 is 39.2. The molecule has 0 aliphatic heterocycles. The number of nitrogens with zero attached hydrogens (tertiary/aromatic N) is 1. The minimum Gasteiger partial charge on any atom is -0.349 e. The van der Waals surface area contributed by atoms with Crippen LogP contribution in [0.1, 0.15) is 48.9 Å². The maximum absolute atomic E-state index is 14.0. The van der Waals surface area contributed by atoms with Gasteiger partial charge < -0.3 is 5.32 Å². The minimum atomic E-state index is -3.66. The quantitative estimate of drug-likeness (QED) is 0.659. The van der Waals surface area contributed by atoms with Gasteiger partial charge in [0.25, 0.3) is 0 Å². The third kappa shape index (κ3) is 6.29. The van der Waals surface area contributed by atoms with Crippen molar-refractivity contribution in [2.45, 2.75) is 46.1 Å². The number of sulfonamides is 1. The number of aryl methyl sites for hydroxylation is 2. The van der Waals surface area contributed by atoms with E-state index in [-0.39, 0.29) is 37.0 Å². The molecule has 2 rings (SSSR count). The van der Waals surface area contributed by atoms with E-state index < -0.39 is 15.8 Å². The zero-order chi connectivity index (χ0) is 21.6. The van der Waals surface area contributed by atoms with E-state index in [2.05, 4.69) is 11.4 Å². The molecule has 0 saturated heterocycles. The first-order chi connectivity index (χ1) is 13.6. The minimum absolute atomic E-state index is 0.00266. The van der Waals surface area contributed by atoms with Crippen molar-refractivity contribution >= 4 is 21.6 Å². The first-order valence-electron chi connectivity index (χ1n) is 9.72. The number of nitrogens with one attached hydrogen (secondary N) is 1. The van der Waals surface area contributed by atoms with Gasteiger partial charge in [0.2, 0.25) is 15.9 Å². The number of halogens is 1. The molecule has 0 radical (unpaired) electrons. The molecular formula is C22H29FN2O3S. The first kappa shape index (κ1) is 22.9. The van der Waals surface area contributed by atoms with Crippen LogP contribution in [0.2, 0.25) is 0 Å². The molecule has 2 aromatic carbocycles. The van der Waals surface area contributed by atoms with Crippen LogP contribution in [0.15, 0.2) is 42.5 Å². The summed E-state index contributed by atoms with van der Waals surface area (Å²) in [5.41, 5.74) is 3.37. The van der Waals surface area contributed by atoms with E-state index in [1.807, 2.05) is 32.9 Å². The van der Waals surface area contributed by atoms with Crippen LogP contribution in [0.4, 0.5) is 10.1 Å². The van der Waals surface area contributed by atoms with E-state index in [1.165, 1.54) is 23.8 Å². The molecule has 29 heavy (non-hydrogen) atoms. The number of benzene rings is 2. The number of hydrogen-bond acceptors (Lipinski definition) is 3. The van der Waals surface area contributed by atoms with Gasteiger partial charge in [-0.25, -0.2) is 12.8 Å². The van der Waals surface area contributed by atoms with E-state index in [9.17, 15) is 17.6 Å². The van der Waals surface area contributed by atoms with Crippen LogP contribution in [0.5, 0.6) is 0 Å². The number of anilines is 1. The molecule has 2 aromatic rings. The molecule has 0 aliphatic carbocycles. The average Bonchev–Trinajstić information content (AvgIpc) is 2.64. The predicted molar refractivity (Wildman–Crippen MR) is 115 cm³/mol. The second kappa shape index (κ2) is 9.87. The summed E-state index contributed by atoms with van der Waals surface area (Å²) in [4.78, 5) is 12.4. The van der Waals surface area contributed by atoms with E-state index >= 15 is 0 Å². The molecule has 158 valence electrons. The van der Waals surface area contributed by atoms with Gasteiger partial charge >= 0.3 is 0 Å². The molecule has 0 heterocycles. The summed E-state index contributed by atoms with van der Waals surface area (Å²) in [7, 11) is -3.66. The Morgan fingerprint density at radius 2 is 1.86 bits per heavy atom. The average molecular weight is 421 g/mol. The molecule has 1 atom stereocenters. The summed E-state index contributed by atoms with van der Waals surface area (Å²) in [5, 5.41) is 3.03. The van der Waals surface area contributed by atoms with Gasteiger partial charge in [0, 0.05) is 13.0 Å². The van der Waals surface area contributed by atoms with Crippen molar-refractivity contribution < 1.29 is 17.6 Å². The third-order valence-electron chi connectivity index (χ3n) is 4.83. The van der Waals surface area contributed by atoms with Crippen molar-refractivity contribution in [3.05, 3.63) is 65.0 Å². The van der Waals surface area contributed by atoms with Crippen molar-refractivity contribution in [3.63, 3.8) is 0 Å². The van der Waals surface area contributed by atoms with Gasteiger partial charge in [0.15, 0.2) is 0 Å². The number of amides is 1. The number of hydrogen-bond donors (Lipinski definition) is 1. The zero-order valence-electron chi connectivity index (χ0n) is 17.4. The molecule has 7 heteroatoms. The van der Waals surface area contributed by atoms with Gasteiger partial charge in [-0.3, -0.25) is 9.10 Å². The van der Waals surface area contributed by atoms with E-state index in [4.69, 9.17) is 0 Å². The fourth-order valence-electron chi connectivity index (χ4n) is 3.38. The third-order valence-corrected chi connectivity index (χ3v) is 6.01. The zero-order valence-corrected chi connectivity index (χ0v) is 18.2. The van der Waals surface area contributed by atoms with Gasteiger partial charge in [-0.1, -0.05) is 42.8 Å². The Morgan fingerprint density at radius 3 is 2.45 bits per heavy atom. The number of carbonyl (C=O) groups excluding carboxylic acids is 1. The van der Waals surface area contributed by atoms with Gasteiger partial charge in [-0.2, -0.15) is 0 Å². The van der Waals surface area contributed by atoms with Crippen LogP contribution in [0, 0.1) is 19.7 Å². The fraction of sp³-hybridized carbons (Fsp3) is 0.409. The van der Waals surface area contributed by atoms with E-state index in [0.29, 0.717) is 0 Å². The SMILES string of the molecule is CCC(NC(=O)CCCN(c1ccccc1F)S(C)(=O)=O)c1ccc(C)cc1C. The lowest BCUT2D eigenvalue weighted by molar-refractivity contribution is -0.121. The highest BCUT2D eigenvalue weighted by atomic mass is 32.2. The topological polar surface area (TPSA) is 66.5 Å². The Morgan fingerprint density at radius 1 is 1.17 bits per heavy atom. The molecule has 1 N–H and O–H groups in total. The molecule has 1 unspecified atom stereocenters. The maximum atomic E-state index is 14.0. The Kier molecular flexibility index (Phi) is 7.79. The van der Waals surface area contributed by atoms with Crippen LogP contribution >= 0.6 is 0 Å². The molecule has 0 fully saturated rings. The van der Waals surface area contributed by atoms with Crippen molar-refractivity contribution in [1.82, 2.24) is 5.32 Å². The van der Waals surface area contributed by atoms with Crippen LogP contribution in [0.3, 0.4) is 0 Å². The number of para-hydroxylation sites is 1. The molecule has 0 spiro atoms. The molecule has 0 aromatic heterocycles. The van der Waals surface area contributed by atoms with Crippen LogP contribution in [-0.4, -0.2) is 27.1 Å². The lowest BCUT2D eigenvalue weighted by Gasteiger charge is -2.23. The normalized spacial score (nSPS) is 12.4. The highest BCUT2D eigenvalue weighted by Gasteiger charge is 2.21. The molecule has 0 aliphatic rings. The lowest BCUT2D eigenvalue weighted by atomic mass is 9.97. The molecule has 1 amide bonds. The van der Waals surface area contributed by atoms with Gasteiger partial charge in [0.05, 0.1) is 18.0 Å². The summed E-state index contributed by atoms with van der Waals surface area (Å²) in [6.07, 6.45) is 2.23. The van der Waals surface area contributed by atoms with E-state index in [0.717, 1.165) is 28.1 Å². The highest BCUT2D eigenvalue weighted by Crippen LogP contribution is 2.23.